The number of hydrogen-bond acceptors (Lipinski definition) is 2. The van der Waals surface area contributed by atoms with Crippen LogP contribution in [0.3, 0.4) is 0 Å². The van der Waals surface area contributed by atoms with E-state index in [-0.39, 0.29) is 5.91 Å². The second-order valence-electron chi connectivity index (χ2n) is 3.61. The molecule has 0 aromatic heterocycles. The first-order chi connectivity index (χ1) is 6.33. The van der Waals surface area contributed by atoms with E-state index in [4.69, 9.17) is 4.74 Å². The van der Waals surface area contributed by atoms with E-state index in [0.29, 0.717) is 17.8 Å². The van der Waals surface area contributed by atoms with Gasteiger partial charge in [0, 0.05) is 6.54 Å². The first-order valence-corrected chi connectivity index (χ1v) is 4.61. The quantitative estimate of drug-likeness (QED) is 0.607. The van der Waals surface area contributed by atoms with E-state index in [2.05, 4.69) is 17.2 Å². The third-order valence-corrected chi connectivity index (χ3v) is 2.87. The Morgan fingerprint density at radius 3 is 2.85 bits per heavy atom. The number of carbonyl (C=O) groups excluding carboxylic acids is 1. The van der Waals surface area contributed by atoms with Crippen molar-refractivity contribution in [3.8, 4) is 11.8 Å². The van der Waals surface area contributed by atoms with Crippen LogP contribution in [-0.2, 0) is 9.53 Å². The Morgan fingerprint density at radius 1 is 1.54 bits per heavy atom. The summed E-state index contributed by atoms with van der Waals surface area (Å²) in [7, 11) is 0. The Balaban J connectivity index is 1.69. The summed E-state index contributed by atoms with van der Waals surface area (Å²) in [5.74, 6) is 6.94. The first kappa shape index (κ1) is 8.58. The van der Waals surface area contributed by atoms with Crippen molar-refractivity contribution in [1.82, 2.24) is 5.32 Å². The molecule has 13 heavy (non-hydrogen) atoms. The molecule has 3 heteroatoms. The molecule has 2 rings (SSSR count). The van der Waals surface area contributed by atoms with Crippen LogP contribution in [0.1, 0.15) is 6.92 Å². The SMILES string of the molecule is CC#CC(=O)NCC1C2COCC12. The van der Waals surface area contributed by atoms with E-state index in [1.54, 1.807) is 6.92 Å². The first-order valence-electron chi connectivity index (χ1n) is 4.61. The molecule has 1 aliphatic heterocycles. The van der Waals surface area contributed by atoms with Crippen molar-refractivity contribution in [3.63, 3.8) is 0 Å². The molecule has 1 heterocycles. The van der Waals surface area contributed by atoms with Crippen molar-refractivity contribution >= 4 is 5.91 Å². The lowest BCUT2D eigenvalue weighted by Crippen LogP contribution is -2.25. The van der Waals surface area contributed by atoms with Gasteiger partial charge in [-0.2, -0.15) is 0 Å². The highest BCUT2D eigenvalue weighted by Crippen LogP contribution is 2.50. The van der Waals surface area contributed by atoms with Gasteiger partial charge in [0.2, 0.25) is 0 Å². The summed E-state index contributed by atoms with van der Waals surface area (Å²) in [6, 6.07) is 0. The van der Waals surface area contributed by atoms with Gasteiger partial charge in [0.25, 0.3) is 5.91 Å². The van der Waals surface area contributed by atoms with Crippen molar-refractivity contribution in [1.29, 1.82) is 0 Å². The number of carbonyl (C=O) groups is 1. The molecule has 0 spiro atoms. The molecular formula is C10H13NO2. The predicted molar refractivity (Wildman–Crippen MR) is 47.7 cm³/mol. The molecule has 2 aliphatic rings. The number of rotatable bonds is 2. The van der Waals surface area contributed by atoms with Crippen molar-refractivity contribution in [3.05, 3.63) is 0 Å². The van der Waals surface area contributed by atoms with Crippen LogP contribution in [0.25, 0.3) is 0 Å². The lowest BCUT2D eigenvalue weighted by Gasteiger charge is -2.03. The Bertz CT molecular complexity index is 266. The Labute approximate surface area is 77.8 Å². The van der Waals surface area contributed by atoms with Gasteiger partial charge in [-0.15, -0.1) is 0 Å². The van der Waals surface area contributed by atoms with E-state index < -0.39 is 0 Å². The number of amides is 1. The summed E-state index contributed by atoms with van der Waals surface area (Å²) in [4.78, 5) is 11.0. The zero-order valence-corrected chi connectivity index (χ0v) is 7.67. The fourth-order valence-electron chi connectivity index (χ4n) is 2.03. The van der Waals surface area contributed by atoms with Crippen LogP contribution >= 0.6 is 0 Å². The minimum atomic E-state index is -0.159. The normalized spacial score (nSPS) is 34.4. The van der Waals surface area contributed by atoms with Gasteiger partial charge >= 0.3 is 0 Å². The number of fused-ring (bicyclic) bond motifs is 1. The molecule has 2 atom stereocenters. The highest BCUT2D eigenvalue weighted by molar-refractivity contribution is 5.93. The van der Waals surface area contributed by atoms with Gasteiger partial charge in [0.15, 0.2) is 0 Å². The standard InChI is InChI=1S/C10H13NO2/c1-2-3-10(12)11-4-7-8-5-13-6-9(7)8/h7-9H,4-6H2,1H3,(H,11,12). The van der Waals surface area contributed by atoms with Gasteiger partial charge in [0.1, 0.15) is 0 Å². The molecule has 2 fully saturated rings. The van der Waals surface area contributed by atoms with E-state index in [9.17, 15) is 4.79 Å². The molecule has 3 nitrogen and oxygen atoms in total. The minimum absolute atomic E-state index is 0.159. The van der Waals surface area contributed by atoms with Crippen molar-refractivity contribution in [2.75, 3.05) is 19.8 Å². The molecule has 1 saturated carbocycles. The molecule has 70 valence electrons. The molecule has 1 saturated heterocycles. The maximum absolute atomic E-state index is 11.0. The summed E-state index contributed by atoms with van der Waals surface area (Å²) in [6.45, 7) is 4.20. The average molecular weight is 179 g/mol. The third-order valence-electron chi connectivity index (χ3n) is 2.87. The van der Waals surface area contributed by atoms with Crippen LogP contribution in [0, 0.1) is 29.6 Å². The number of ether oxygens (including phenoxy) is 1. The predicted octanol–water partition coefficient (Wildman–Crippen LogP) is 0.0183. The molecule has 2 unspecified atom stereocenters. The monoisotopic (exact) mass is 179 g/mol. The summed E-state index contributed by atoms with van der Waals surface area (Å²) in [5, 5.41) is 2.81. The summed E-state index contributed by atoms with van der Waals surface area (Å²) >= 11 is 0. The molecule has 1 N–H and O–H groups in total. The molecule has 0 bridgehead atoms. The average Bonchev–Trinajstić information content (AvgIpc) is 2.58. The molecule has 0 aromatic carbocycles. The van der Waals surface area contributed by atoms with Crippen LogP contribution in [0.15, 0.2) is 0 Å². The van der Waals surface area contributed by atoms with Crippen LogP contribution in [-0.4, -0.2) is 25.7 Å². The van der Waals surface area contributed by atoms with E-state index in [0.717, 1.165) is 19.8 Å². The molecule has 1 aliphatic carbocycles. The number of nitrogens with one attached hydrogen (secondary N) is 1. The van der Waals surface area contributed by atoms with E-state index in [1.807, 2.05) is 0 Å². The van der Waals surface area contributed by atoms with Crippen molar-refractivity contribution in [2.24, 2.45) is 17.8 Å². The van der Waals surface area contributed by atoms with Crippen molar-refractivity contribution < 1.29 is 9.53 Å². The van der Waals surface area contributed by atoms with Crippen LogP contribution in [0.2, 0.25) is 0 Å². The summed E-state index contributed by atoms with van der Waals surface area (Å²) < 4.78 is 5.25. The lowest BCUT2D eigenvalue weighted by atomic mass is 10.3. The van der Waals surface area contributed by atoms with Gasteiger partial charge < -0.3 is 10.1 Å². The van der Waals surface area contributed by atoms with E-state index in [1.165, 1.54) is 0 Å². The van der Waals surface area contributed by atoms with E-state index >= 15 is 0 Å². The molecule has 1 amide bonds. The fourth-order valence-corrected chi connectivity index (χ4v) is 2.03. The van der Waals surface area contributed by atoms with Crippen LogP contribution < -0.4 is 5.32 Å². The lowest BCUT2D eigenvalue weighted by molar-refractivity contribution is -0.115. The Morgan fingerprint density at radius 2 is 2.23 bits per heavy atom. The number of hydrogen-bond donors (Lipinski definition) is 1. The summed E-state index contributed by atoms with van der Waals surface area (Å²) in [5.41, 5.74) is 0. The molecular weight excluding hydrogens is 166 g/mol. The fraction of sp³-hybridized carbons (Fsp3) is 0.700. The van der Waals surface area contributed by atoms with Crippen LogP contribution in [0.4, 0.5) is 0 Å². The van der Waals surface area contributed by atoms with Gasteiger partial charge in [-0.1, -0.05) is 5.92 Å². The van der Waals surface area contributed by atoms with Gasteiger partial charge in [-0.05, 0) is 30.6 Å². The van der Waals surface area contributed by atoms with Gasteiger partial charge in [-0.25, -0.2) is 0 Å². The molecule has 0 radical (unpaired) electrons. The molecule has 0 aromatic rings. The van der Waals surface area contributed by atoms with Crippen LogP contribution in [0.5, 0.6) is 0 Å². The van der Waals surface area contributed by atoms with Crippen molar-refractivity contribution in [2.45, 2.75) is 6.92 Å². The smallest absolute Gasteiger partial charge is 0.295 e. The second kappa shape index (κ2) is 3.39. The Kier molecular flexibility index (Phi) is 2.24. The second-order valence-corrected chi connectivity index (χ2v) is 3.61. The van der Waals surface area contributed by atoms with Gasteiger partial charge in [-0.3, -0.25) is 4.79 Å². The van der Waals surface area contributed by atoms with Gasteiger partial charge in [0.05, 0.1) is 13.2 Å². The largest absolute Gasteiger partial charge is 0.381 e. The maximum Gasteiger partial charge on any atom is 0.295 e. The maximum atomic E-state index is 11.0. The Hall–Kier alpha value is -1.01. The topological polar surface area (TPSA) is 38.3 Å². The third kappa shape index (κ3) is 1.68. The zero-order chi connectivity index (χ0) is 9.26. The highest BCUT2D eigenvalue weighted by atomic mass is 16.5. The summed E-state index contributed by atoms with van der Waals surface area (Å²) in [6.07, 6.45) is 0. The highest BCUT2D eigenvalue weighted by Gasteiger charge is 2.53. The zero-order valence-electron chi connectivity index (χ0n) is 7.67. The minimum Gasteiger partial charge on any atom is -0.381 e.